The highest BCUT2D eigenvalue weighted by Crippen LogP contribution is 2.15. The van der Waals surface area contributed by atoms with Crippen molar-refractivity contribution in [2.24, 2.45) is 0 Å². The summed E-state index contributed by atoms with van der Waals surface area (Å²) in [4.78, 5) is 4.27. The highest BCUT2D eigenvalue weighted by Gasteiger charge is 2.09. The average molecular weight is 200 g/mol. The molecule has 0 aliphatic heterocycles. The molecule has 4 heteroatoms. The predicted octanol–water partition coefficient (Wildman–Crippen LogP) is 1.86. The zero-order valence-corrected chi connectivity index (χ0v) is 8.86. The molecule has 4 nitrogen and oxygen atoms in total. The van der Waals surface area contributed by atoms with Crippen LogP contribution in [0.15, 0.2) is 12.4 Å². The second-order valence-corrected chi connectivity index (χ2v) is 3.54. The molecule has 15 heavy (non-hydrogen) atoms. The predicted molar refractivity (Wildman–Crippen MR) is 56.4 cm³/mol. The topological polar surface area (TPSA) is 54.0 Å². The molecule has 0 unspecified atom stereocenters. The van der Waals surface area contributed by atoms with Crippen molar-refractivity contribution in [1.29, 1.82) is 5.26 Å². The van der Waals surface area contributed by atoms with Gasteiger partial charge in [0.15, 0.2) is 5.65 Å². The van der Waals surface area contributed by atoms with Crippen molar-refractivity contribution in [2.75, 3.05) is 0 Å². The van der Waals surface area contributed by atoms with Crippen LogP contribution in [0, 0.1) is 18.3 Å². The van der Waals surface area contributed by atoms with Gasteiger partial charge in [-0.3, -0.25) is 0 Å². The third-order valence-corrected chi connectivity index (χ3v) is 2.40. The number of fused-ring (bicyclic) bond motifs is 1. The van der Waals surface area contributed by atoms with Gasteiger partial charge in [-0.05, 0) is 13.3 Å². The molecule has 2 aromatic heterocycles. The summed E-state index contributed by atoms with van der Waals surface area (Å²) < 4.78 is 1.69. The molecule has 2 heterocycles. The Kier molecular flexibility index (Phi) is 2.38. The Balaban J connectivity index is 2.64. The molecule has 0 saturated carbocycles. The molecule has 0 N–H and O–H groups in total. The van der Waals surface area contributed by atoms with Crippen LogP contribution >= 0.6 is 0 Å². The van der Waals surface area contributed by atoms with Crippen molar-refractivity contribution in [3.8, 4) is 6.07 Å². The second kappa shape index (κ2) is 3.70. The molecule has 0 aromatic carbocycles. The normalized spacial score (nSPS) is 10.5. The van der Waals surface area contributed by atoms with Gasteiger partial charge in [-0.1, -0.05) is 13.3 Å². The molecule has 0 amide bonds. The fourth-order valence-corrected chi connectivity index (χ4v) is 1.69. The first kappa shape index (κ1) is 9.66. The minimum Gasteiger partial charge on any atom is -0.235 e. The third-order valence-electron chi connectivity index (χ3n) is 2.40. The molecule has 0 fully saturated rings. The molecular weight excluding hydrogens is 188 g/mol. The number of nitrogens with zero attached hydrogens (tertiary/aromatic N) is 4. The van der Waals surface area contributed by atoms with Crippen LogP contribution in [0.5, 0.6) is 0 Å². The lowest BCUT2D eigenvalue weighted by Crippen LogP contribution is -1.92. The highest BCUT2D eigenvalue weighted by molar-refractivity contribution is 5.50. The molecule has 2 rings (SSSR count). The molecule has 0 aliphatic rings. The van der Waals surface area contributed by atoms with Crippen molar-refractivity contribution >= 4 is 5.65 Å². The lowest BCUT2D eigenvalue weighted by Gasteiger charge is -1.96. The van der Waals surface area contributed by atoms with Gasteiger partial charge in [0.05, 0.1) is 17.5 Å². The highest BCUT2D eigenvalue weighted by atomic mass is 15.2. The van der Waals surface area contributed by atoms with Gasteiger partial charge in [0.2, 0.25) is 0 Å². The lowest BCUT2D eigenvalue weighted by molar-refractivity contribution is 0.907. The van der Waals surface area contributed by atoms with E-state index in [1.54, 1.807) is 16.9 Å². The molecule has 0 atom stereocenters. The van der Waals surface area contributed by atoms with Crippen LogP contribution < -0.4 is 0 Å². The van der Waals surface area contributed by atoms with E-state index in [-0.39, 0.29) is 0 Å². The summed E-state index contributed by atoms with van der Waals surface area (Å²) >= 11 is 0. The zero-order valence-electron chi connectivity index (χ0n) is 8.86. The molecule has 0 bridgehead atoms. The van der Waals surface area contributed by atoms with Gasteiger partial charge in [0.25, 0.3) is 0 Å². The van der Waals surface area contributed by atoms with Crippen LogP contribution in [0.4, 0.5) is 0 Å². The lowest BCUT2D eigenvalue weighted by atomic mass is 10.1. The monoisotopic (exact) mass is 200 g/mol. The smallest absolute Gasteiger partial charge is 0.158 e. The number of nitriles is 1. The Morgan fingerprint density at radius 2 is 2.33 bits per heavy atom. The van der Waals surface area contributed by atoms with Gasteiger partial charge in [-0.15, -0.1) is 0 Å². The SMILES string of the molecule is CCCc1c(C)nn2cc(C#N)cnc12. The maximum atomic E-state index is 8.75. The molecule has 76 valence electrons. The Labute approximate surface area is 88.2 Å². The fourth-order valence-electron chi connectivity index (χ4n) is 1.69. The van der Waals surface area contributed by atoms with E-state index in [9.17, 15) is 0 Å². The summed E-state index contributed by atoms with van der Waals surface area (Å²) in [5, 5.41) is 13.1. The van der Waals surface area contributed by atoms with Gasteiger partial charge in [0, 0.05) is 11.8 Å². The minimum atomic E-state index is 0.535. The Hall–Kier alpha value is -1.89. The number of rotatable bonds is 2. The Morgan fingerprint density at radius 3 is 3.00 bits per heavy atom. The Bertz CT molecular complexity index is 533. The minimum absolute atomic E-state index is 0.535. The van der Waals surface area contributed by atoms with E-state index in [1.807, 2.05) is 6.92 Å². The van der Waals surface area contributed by atoms with Crippen molar-refractivity contribution in [3.63, 3.8) is 0 Å². The summed E-state index contributed by atoms with van der Waals surface area (Å²) in [6.45, 7) is 4.11. The van der Waals surface area contributed by atoms with Crippen LogP contribution in [0.2, 0.25) is 0 Å². The maximum absolute atomic E-state index is 8.75. The second-order valence-electron chi connectivity index (χ2n) is 3.54. The number of aryl methyl sites for hydroxylation is 2. The van der Waals surface area contributed by atoms with Crippen LogP contribution in [0.25, 0.3) is 5.65 Å². The van der Waals surface area contributed by atoms with E-state index < -0.39 is 0 Å². The van der Waals surface area contributed by atoms with Gasteiger partial charge in [-0.25, -0.2) is 9.50 Å². The van der Waals surface area contributed by atoms with Crippen LogP contribution in [0.1, 0.15) is 30.2 Å². The Morgan fingerprint density at radius 1 is 1.53 bits per heavy atom. The van der Waals surface area contributed by atoms with Crippen LogP contribution in [-0.4, -0.2) is 14.6 Å². The van der Waals surface area contributed by atoms with Crippen LogP contribution in [-0.2, 0) is 6.42 Å². The van der Waals surface area contributed by atoms with E-state index in [1.165, 1.54) is 5.56 Å². The molecule has 2 aromatic rings. The number of hydrogen-bond acceptors (Lipinski definition) is 3. The molecular formula is C11H12N4. The summed E-state index contributed by atoms with van der Waals surface area (Å²) in [7, 11) is 0. The van der Waals surface area contributed by atoms with Crippen LogP contribution in [0.3, 0.4) is 0 Å². The first-order chi connectivity index (χ1) is 7.26. The largest absolute Gasteiger partial charge is 0.235 e. The first-order valence-corrected chi connectivity index (χ1v) is 5.00. The van der Waals surface area contributed by atoms with E-state index in [0.29, 0.717) is 5.56 Å². The van der Waals surface area contributed by atoms with E-state index >= 15 is 0 Å². The first-order valence-electron chi connectivity index (χ1n) is 5.00. The summed E-state index contributed by atoms with van der Waals surface area (Å²) in [6, 6.07) is 2.06. The molecule has 0 saturated heterocycles. The van der Waals surface area contributed by atoms with E-state index in [0.717, 1.165) is 24.2 Å². The van der Waals surface area contributed by atoms with Gasteiger partial charge >= 0.3 is 0 Å². The quantitative estimate of drug-likeness (QED) is 0.743. The number of aromatic nitrogens is 3. The van der Waals surface area contributed by atoms with E-state index in [4.69, 9.17) is 5.26 Å². The van der Waals surface area contributed by atoms with Crippen molar-refractivity contribution in [1.82, 2.24) is 14.6 Å². The third kappa shape index (κ3) is 1.57. The summed E-state index contributed by atoms with van der Waals surface area (Å²) in [5.74, 6) is 0. The molecule has 0 spiro atoms. The zero-order chi connectivity index (χ0) is 10.8. The van der Waals surface area contributed by atoms with E-state index in [2.05, 4.69) is 23.1 Å². The van der Waals surface area contributed by atoms with Gasteiger partial charge < -0.3 is 0 Å². The van der Waals surface area contributed by atoms with Crippen molar-refractivity contribution < 1.29 is 0 Å². The molecule has 0 aliphatic carbocycles. The number of hydrogen-bond donors (Lipinski definition) is 0. The summed E-state index contributed by atoms with van der Waals surface area (Å²) in [5.41, 5.74) is 3.59. The van der Waals surface area contributed by atoms with Gasteiger partial charge in [0.1, 0.15) is 6.07 Å². The summed E-state index contributed by atoms with van der Waals surface area (Å²) in [6.07, 6.45) is 5.36. The average Bonchev–Trinajstić information content (AvgIpc) is 2.55. The fraction of sp³-hybridized carbons (Fsp3) is 0.364. The van der Waals surface area contributed by atoms with Crippen molar-refractivity contribution in [3.05, 3.63) is 29.2 Å². The maximum Gasteiger partial charge on any atom is 0.158 e. The standard InChI is InChI=1S/C11H12N4/c1-3-4-10-8(2)14-15-7-9(5-12)6-13-11(10)15/h6-7H,3-4H2,1-2H3. The van der Waals surface area contributed by atoms with Crippen molar-refractivity contribution in [2.45, 2.75) is 26.7 Å². The molecule has 0 radical (unpaired) electrons. The van der Waals surface area contributed by atoms with Gasteiger partial charge in [-0.2, -0.15) is 10.4 Å².